The van der Waals surface area contributed by atoms with Crippen LogP contribution in [0.4, 0.5) is 0 Å². The van der Waals surface area contributed by atoms with Crippen molar-refractivity contribution in [3.05, 3.63) is 0 Å². The molecule has 80 valence electrons. The number of nitrogens with two attached hydrogens (primary N) is 1. The van der Waals surface area contributed by atoms with Gasteiger partial charge in [-0.05, 0) is 13.0 Å². The van der Waals surface area contributed by atoms with E-state index in [1.807, 2.05) is 0 Å². The Balaban J connectivity index is 2.32. The number of likely N-dealkylation sites (N-methyl/N-ethyl adjacent to an activating group) is 1. The Labute approximate surface area is 86.6 Å². The third kappa shape index (κ3) is 3.30. The topological polar surface area (TPSA) is 38.5 Å². The van der Waals surface area contributed by atoms with Crippen molar-refractivity contribution in [1.82, 2.24) is 4.90 Å². The van der Waals surface area contributed by atoms with Crippen LogP contribution in [-0.4, -0.2) is 43.3 Å². The highest BCUT2D eigenvalue weighted by atomic mass is 16.5. The summed E-state index contributed by atoms with van der Waals surface area (Å²) in [7, 11) is 0. The predicted molar refractivity (Wildman–Crippen MR) is 57.9 cm³/mol. The molecule has 2 atom stereocenters. The molecule has 2 N–H and O–H groups in total. The van der Waals surface area contributed by atoms with E-state index in [9.17, 15) is 0 Å². The molecule has 2 unspecified atom stereocenters. The van der Waals surface area contributed by atoms with Crippen LogP contribution in [0.15, 0.2) is 0 Å². The minimum Gasteiger partial charge on any atom is -0.374 e. The lowest BCUT2D eigenvalue weighted by Gasteiger charge is -2.35. The van der Waals surface area contributed by atoms with E-state index in [0.717, 1.165) is 39.1 Å². The van der Waals surface area contributed by atoms with Gasteiger partial charge in [-0.1, -0.05) is 6.92 Å². The van der Waals surface area contributed by atoms with E-state index in [4.69, 9.17) is 16.9 Å². The maximum absolute atomic E-state index is 6.00. The molecule has 1 saturated heterocycles. The van der Waals surface area contributed by atoms with Crippen molar-refractivity contribution < 1.29 is 4.74 Å². The van der Waals surface area contributed by atoms with E-state index in [2.05, 4.69) is 17.7 Å². The zero-order valence-corrected chi connectivity index (χ0v) is 8.91. The van der Waals surface area contributed by atoms with Crippen LogP contribution < -0.4 is 5.73 Å². The third-order valence-corrected chi connectivity index (χ3v) is 2.72. The molecule has 0 aliphatic carbocycles. The molecule has 1 fully saturated rings. The van der Waals surface area contributed by atoms with Crippen LogP contribution in [0.25, 0.3) is 0 Å². The van der Waals surface area contributed by atoms with Gasteiger partial charge < -0.3 is 10.5 Å². The molecule has 0 aromatic heterocycles. The number of hydrogen-bond acceptors (Lipinski definition) is 3. The van der Waals surface area contributed by atoms with Gasteiger partial charge >= 0.3 is 0 Å². The molecule has 0 bridgehead atoms. The maximum atomic E-state index is 6.00. The highest BCUT2D eigenvalue weighted by Crippen LogP contribution is 2.10. The van der Waals surface area contributed by atoms with Crippen molar-refractivity contribution in [2.45, 2.75) is 31.9 Å². The van der Waals surface area contributed by atoms with E-state index < -0.39 is 0 Å². The highest BCUT2D eigenvalue weighted by Gasteiger charge is 2.24. The molecule has 0 radical (unpaired) electrons. The first-order chi connectivity index (χ1) is 6.77. The highest BCUT2D eigenvalue weighted by molar-refractivity contribution is 4.88. The number of hydrogen-bond donors (Lipinski definition) is 1. The van der Waals surface area contributed by atoms with Gasteiger partial charge in [-0.15, -0.1) is 12.3 Å². The zero-order chi connectivity index (χ0) is 10.4. The minimum absolute atomic E-state index is 0.0837. The van der Waals surface area contributed by atoms with Gasteiger partial charge in [0, 0.05) is 25.6 Å². The van der Waals surface area contributed by atoms with Crippen molar-refractivity contribution in [3.8, 4) is 12.3 Å². The molecule has 0 saturated carbocycles. The SMILES string of the molecule is C#CCCC(N)C1CN(CC)CCO1. The fraction of sp³-hybridized carbons (Fsp3) is 0.818. The molecule has 0 spiro atoms. The molecule has 1 rings (SSSR count). The standard InChI is InChI=1S/C11H20N2O/c1-3-5-6-10(12)11-9-13(4-2)7-8-14-11/h1,10-11H,4-9,12H2,2H3. The summed E-state index contributed by atoms with van der Waals surface area (Å²) < 4.78 is 5.63. The van der Waals surface area contributed by atoms with Crippen LogP contribution in [-0.2, 0) is 4.74 Å². The number of ether oxygens (including phenoxy) is 1. The molecule has 14 heavy (non-hydrogen) atoms. The van der Waals surface area contributed by atoms with Gasteiger partial charge in [0.25, 0.3) is 0 Å². The summed E-state index contributed by atoms with van der Waals surface area (Å²) >= 11 is 0. The van der Waals surface area contributed by atoms with Gasteiger partial charge in [0.05, 0.1) is 12.7 Å². The van der Waals surface area contributed by atoms with Crippen LogP contribution >= 0.6 is 0 Å². The minimum atomic E-state index is 0.0837. The lowest BCUT2D eigenvalue weighted by Crippen LogP contribution is -2.50. The summed E-state index contributed by atoms with van der Waals surface area (Å²) in [4.78, 5) is 2.36. The van der Waals surface area contributed by atoms with Crippen LogP contribution in [0.1, 0.15) is 19.8 Å². The van der Waals surface area contributed by atoms with E-state index >= 15 is 0 Å². The first-order valence-corrected chi connectivity index (χ1v) is 5.31. The van der Waals surface area contributed by atoms with Crippen LogP contribution in [0, 0.1) is 12.3 Å². The van der Waals surface area contributed by atoms with Crippen molar-refractivity contribution in [3.63, 3.8) is 0 Å². The molecule has 0 amide bonds. The van der Waals surface area contributed by atoms with Crippen molar-refractivity contribution >= 4 is 0 Å². The van der Waals surface area contributed by atoms with Crippen molar-refractivity contribution in [1.29, 1.82) is 0 Å². The molecular formula is C11H20N2O. The van der Waals surface area contributed by atoms with Crippen LogP contribution in [0.2, 0.25) is 0 Å². The molecular weight excluding hydrogens is 176 g/mol. The molecule has 0 aromatic rings. The first-order valence-electron chi connectivity index (χ1n) is 5.31. The Kier molecular flexibility index (Phi) is 4.95. The summed E-state index contributed by atoms with van der Waals surface area (Å²) in [6.07, 6.45) is 6.97. The monoisotopic (exact) mass is 196 g/mol. The number of terminal acetylenes is 1. The quantitative estimate of drug-likeness (QED) is 0.663. The van der Waals surface area contributed by atoms with Crippen molar-refractivity contribution in [2.75, 3.05) is 26.2 Å². The summed E-state index contributed by atoms with van der Waals surface area (Å²) in [6, 6.07) is 0.0837. The largest absolute Gasteiger partial charge is 0.374 e. The van der Waals surface area contributed by atoms with E-state index in [1.165, 1.54) is 0 Å². The molecule has 1 aliphatic rings. The smallest absolute Gasteiger partial charge is 0.0853 e. The Morgan fingerprint density at radius 3 is 3.14 bits per heavy atom. The summed E-state index contributed by atoms with van der Waals surface area (Å²) in [5.74, 6) is 2.61. The Morgan fingerprint density at radius 1 is 1.71 bits per heavy atom. The third-order valence-electron chi connectivity index (χ3n) is 2.72. The lowest BCUT2D eigenvalue weighted by atomic mass is 10.1. The molecule has 3 heteroatoms. The van der Waals surface area contributed by atoms with Gasteiger partial charge in [0.1, 0.15) is 0 Å². The van der Waals surface area contributed by atoms with Gasteiger partial charge in [0.2, 0.25) is 0 Å². The van der Waals surface area contributed by atoms with E-state index in [0.29, 0.717) is 0 Å². The first kappa shape index (κ1) is 11.5. The average molecular weight is 196 g/mol. The normalized spacial score (nSPS) is 25.6. The number of nitrogens with zero attached hydrogens (tertiary/aromatic N) is 1. The Morgan fingerprint density at radius 2 is 2.50 bits per heavy atom. The second-order valence-corrected chi connectivity index (χ2v) is 3.71. The molecule has 3 nitrogen and oxygen atoms in total. The van der Waals surface area contributed by atoms with Crippen molar-refractivity contribution in [2.24, 2.45) is 5.73 Å². The average Bonchev–Trinajstić information content (AvgIpc) is 2.26. The number of rotatable bonds is 4. The van der Waals surface area contributed by atoms with Gasteiger partial charge in [-0.3, -0.25) is 4.90 Å². The molecule has 0 aromatic carbocycles. The maximum Gasteiger partial charge on any atom is 0.0853 e. The van der Waals surface area contributed by atoms with Gasteiger partial charge in [-0.2, -0.15) is 0 Å². The molecule has 1 heterocycles. The lowest BCUT2D eigenvalue weighted by molar-refractivity contribution is -0.0395. The fourth-order valence-corrected chi connectivity index (χ4v) is 1.71. The Bertz CT molecular complexity index is 200. The number of morpholine rings is 1. The summed E-state index contributed by atoms with van der Waals surface area (Å²) in [5, 5.41) is 0. The van der Waals surface area contributed by atoms with Crippen LogP contribution in [0.5, 0.6) is 0 Å². The second-order valence-electron chi connectivity index (χ2n) is 3.71. The van der Waals surface area contributed by atoms with E-state index in [-0.39, 0.29) is 12.1 Å². The zero-order valence-electron chi connectivity index (χ0n) is 8.91. The predicted octanol–water partition coefficient (Wildman–Crippen LogP) is 0.448. The summed E-state index contributed by atoms with van der Waals surface area (Å²) in [5.41, 5.74) is 6.00. The fourth-order valence-electron chi connectivity index (χ4n) is 1.71. The Hall–Kier alpha value is -0.560. The van der Waals surface area contributed by atoms with E-state index in [1.54, 1.807) is 0 Å². The summed E-state index contributed by atoms with van der Waals surface area (Å²) in [6.45, 7) is 6.00. The van der Waals surface area contributed by atoms with Crippen LogP contribution in [0.3, 0.4) is 0 Å². The van der Waals surface area contributed by atoms with Gasteiger partial charge in [-0.25, -0.2) is 0 Å². The second kappa shape index (κ2) is 6.02. The molecule has 1 aliphatic heterocycles. The van der Waals surface area contributed by atoms with Gasteiger partial charge in [0.15, 0.2) is 0 Å².